The highest BCUT2D eigenvalue weighted by Gasteiger charge is 2.12. The minimum absolute atomic E-state index is 0.0316. The van der Waals surface area contributed by atoms with E-state index in [4.69, 9.17) is 4.74 Å². The van der Waals surface area contributed by atoms with Crippen LogP contribution in [0.5, 0.6) is 0 Å². The second-order valence-corrected chi connectivity index (χ2v) is 5.86. The van der Waals surface area contributed by atoms with Crippen molar-refractivity contribution in [3.8, 4) is 0 Å². The number of aliphatic hydroxyl groups excluding tert-OH is 1. The van der Waals surface area contributed by atoms with Gasteiger partial charge in [0.05, 0.1) is 12.3 Å². The van der Waals surface area contributed by atoms with Crippen molar-refractivity contribution in [2.45, 2.75) is 26.1 Å². The van der Waals surface area contributed by atoms with Gasteiger partial charge in [0.1, 0.15) is 11.1 Å². The topological polar surface area (TPSA) is 45.6 Å². The third-order valence-electron chi connectivity index (χ3n) is 3.32. The molecule has 21 heavy (non-hydrogen) atoms. The first kappa shape index (κ1) is 16.1. The molecule has 1 unspecified atom stereocenters. The molecule has 0 aliphatic carbocycles. The van der Waals surface area contributed by atoms with Gasteiger partial charge in [-0.25, -0.2) is 4.98 Å². The van der Waals surface area contributed by atoms with E-state index in [1.807, 2.05) is 25.1 Å². The Morgan fingerprint density at radius 1 is 1.29 bits per heavy atom. The van der Waals surface area contributed by atoms with Crippen LogP contribution in [0.4, 0.5) is 0 Å². The number of benzene rings is 1. The van der Waals surface area contributed by atoms with Gasteiger partial charge in [-0.15, -0.1) is 11.3 Å². The van der Waals surface area contributed by atoms with Crippen LogP contribution in [-0.2, 0) is 17.8 Å². The molecule has 2 rings (SSSR count). The van der Waals surface area contributed by atoms with Crippen molar-refractivity contribution >= 4 is 11.3 Å². The zero-order valence-electron chi connectivity index (χ0n) is 12.5. The lowest BCUT2D eigenvalue weighted by Gasteiger charge is -2.20. The van der Waals surface area contributed by atoms with Crippen LogP contribution < -0.4 is 0 Å². The standard InChI is InChI=1S/C16H22N2O2S/c1-13(20-2)16-17-15(12-21-16)11-18(8-9-19)10-14-6-4-3-5-7-14/h3-7,12-13,19H,8-11H2,1-2H3. The molecule has 1 aromatic heterocycles. The molecule has 0 saturated carbocycles. The predicted molar refractivity (Wildman–Crippen MR) is 85.2 cm³/mol. The second-order valence-electron chi connectivity index (χ2n) is 4.97. The highest BCUT2D eigenvalue weighted by molar-refractivity contribution is 7.09. The number of hydrogen-bond acceptors (Lipinski definition) is 5. The van der Waals surface area contributed by atoms with Gasteiger partial charge in [0, 0.05) is 32.1 Å². The lowest BCUT2D eigenvalue weighted by molar-refractivity contribution is 0.119. The fourth-order valence-corrected chi connectivity index (χ4v) is 2.95. The second kappa shape index (κ2) is 8.24. The molecule has 0 amide bonds. The van der Waals surface area contributed by atoms with E-state index in [0.29, 0.717) is 6.54 Å². The van der Waals surface area contributed by atoms with Crippen molar-refractivity contribution in [2.24, 2.45) is 0 Å². The van der Waals surface area contributed by atoms with Gasteiger partial charge in [-0.05, 0) is 12.5 Å². The fourth-order valence-electron chi connectivity index (χ4n) is 2.11. The van der Waals surface area contributed by atoms with Crippen LogP contribution in [0.25, 0.3) is 0 Å². The van der Waals surface area contributed by atoms with Crippen LogP contribution in [0.15, 0.2) is 35.7 Å². The minimum atomic E-state index is 0.0316. The van der Waals surface area contributed by atoms with Crippen LogP contribution in [0.3, 0.4) is 0 Å². The van der Waals surface area contributed by atoms with E-state index in [-0.39, 0.29) is 12.7 Å². The monoisotopic (exact) mass is 306 g/mol. The molecule has 2 aromatic rings. The van der Waals surface area contributed by atoms with Gasteiger partial charge in [-0.1, -0.05) is 30.3 Å². The maximum absolute atomic E-state index is 9.24. The van der Waals surface area contributed by atoms with Gasteiger partial charge in [0.25, 0.3) is 0 Å². The van der Waals surface area contributed by atoms with E-state index in [9.17, 15) is 5.11 Å². The highest BCUT2D eigenvalue weighted by Crippen LogP contribution is 2.21. The molecule has 0 saturated heterocycles. The fraction of sp³-hybridized carbons (Fsp3) is 0.438. The first-order valence-corrected chi connectivity index (χ1v) is 7.95. The SMILES string of the molecule is COC(C)c1nc(CN(CCO)Cc2ccccc2)cs1. The van der Waals surface area contributed by atoms with E-state index in [1.165, 1.54) is 5.56 Å². The largest absolute Gasteiger partial charge is 0.395 e. The molecule has 0 aliphatic rings. The Hall–Kier alpha value is -1.27. The molecular weight excluding hydrogens is 284 g/mol. The van der Waals surface area contributed by atoms with Crippen LogP contribution in [0.2, 0.25) is 0 Å². The highest BCUT2D eigenvalue weighted by atomic mass is 32.1. The summed E-state index contributed by atoms with van der Waals surface area (Å²) in [6.07, 6.45) is 0.0316. The van der Waals surface area contributed by atoms with E-state index >= 15 is 0 Å². The quantitative estimate of drug-likeness (QED) is 0.814. The number of thiazole rings is 1. The molecule has 1 atom stereocenters. The van der Waals surface area contributed by atoms with E-state index in [0.717, 1.165) is 23.8 Å². The van der Waals surface area contributed by atoms with Crippen molar-refractivity contribution in [2.75, 3.05) is 20.3 Å². The van der Waals surface area contributed by atoms with Gasteiger partial charge < -0.3 is 9.84 Å². The summed E-state index contributed by atoms with van der Waals surface area (Å²) in [7, 11) is 1.69. The smallest absolute Gasteiger partial charge is 0.122 e. The van der Waals surface area contributed by atoms with Crippen molar-refractivity contribution < 1.29 is 9.84 Å². The number of methoxy groups -OCH3 is 1. The summed E-state index contributed by atoms with van der Waals surface area (Å²) in [4.78, 5) is 6.81. The molecule has 114 valence electrons. The maximum Gasteiger partial charge on any atom is 0.122 e. The Morgan fingerprint density at radius 3 is 2.71 bits per heavy atom. The molecule has 1 N–H and O–H groups in total. The van der Waals surface area contributed by atoms with Gasteiger partial charge in [-0.2, -0.15) is 0 Å². The molecule has 0 fully saturated rings. The number of ether oxygens (including phenoxy) is 1. The number of rotatable bonds is 8. The van der Waals surface area contributed by atoms with E-state index in [1.54, 1.807) is 18.4 Å². The molecule has 0 aliphatic heterocycles. The summed E-state index contributed by atoms with van der Waals surface area (Å²) in [6, 6.07) is 10.3. The summed E-state index contributed by atoms with van der Waals surface area (Å²) in [5.74, 6) is 0. The average molecular weight is 306 g/mol. The van der Waals surface area contributed by atoms with Crippen LogP contribution in [0, 0.1) is 0 Å². The first-order chi connectivity index (χ1) is 10.2. The third kappa shape index (κ3) is 4.89. The van der Waals surface area contributed by atoms with E-state index < -0.39 is 0 Å². The molecule has 4 nitrogen and oxygen atoms in total. The van der Waals surface area contributed by atoms with Gasteiger partial charge in [0.2, 0.25) is 0 Å². The van der Waals surface area contributed by atoms with Crippen LogP contribution in [-0.4, -0.2) is 35.3 Å². The van der Waals surface area contributed by atoms with Crippen LogP contribution in [0.1, 0.15) is 29.3 Å². The van der Waals surface area contributed by atoms with Crippen LogP contribution >= 0.6 is 11.3 Å². The number of aliphatic hydroxyl groups is 1. The Balaban J connectivity index is 2.00. The lowest BCUT2D eigenvalue weighted by Crippen LogP contribution is -2.26. The zero-order chi connectivity index (χ0) is 15.1. The molecule has 0 spiro atoms. The van der Waals surface area contributed by atoms with E-state index in [2.05, 4.69) is 27.4 Å². The van der Waals surface area contributed by atoms with Gasteiger partial charge in [-0.3, -0.25) is 4.90 Å². The van der Waals surface area contributed by atoms with Crippen molar-refractivity contribution in [1.29, 1.82) is 0 Å². The summed E-state index contributed by atoms with van der Waals surface area (Å²) in [5.41, 5.74) is 2.27. The predicted octanol–water partition coefficient (Wildman–Crippen LogP) is 2.85. The summed E-state index contributed by atoms with van der Waals surface area (Å²) in [6.45, 7) is 4.34. The number of aromatic nitrogens is 1. The summed E-state index contributed by atoms with van der Waals surface area (Å²) < 4.78 is 5.29. The van der Waals surface area contributed by atoms with Crippen molar-refractivity contribution in [3.05, 3.63) is 52.0 Å². The van der Waals surface area contributed by atoms with Gasteiger partial charge >= 0.3 is 0 Å². The number of nitrogens with zero attached hydrogens (tertiary/aromatic N) is 2. The minimum Gasteiger partial charge on any atom is -0.395 e. The molecule has 0 radical (unpaired) electrons. The zero-order valence-corrected chi connectivity index (χ0v) is 13.3. The number of hydrogen-bond donors (Lipinski definition) is 1. The molecule has 1 heterocycles. The normalized spacial score (nSPS) is 12.8. The molecular formula is C16H22N2O2S. The Bertz CT molecular complexity index is 530. The van der Waals surface area contributed by atoms with Gasteiger partial charge in [0.15, 0.2) is 0 Å². The van der Waals surface area contributed by atoms with Crippen molar-refractivity contribution in [3.63, 3.8) is 0 Å². The Morgan fingerprint density at radius 2 is 2.05 bits per heavy atom. The average Bonchev–Trinajstić information content (AvgIpc) is 2.96. The molecule has 5 heteroatoms. The third-order valence-corrected chi connectivity index (χ3v) is 4.38. The maximum atomic E-state index is 9.24. The summed E-state index contributed by atoms with van der Waals surface area (Å²) >= 11 is 1.62. The summed E-state index contributed by atoms with van der Waals surface area (Å²) in [5, 5.41) is 12.3. The first-order valence-electron chi connectivity index (χ1n) is 7.07. The lowest BCUT2D eigenvalue weighted by atomic mass is 10.2. The molecule has 1 aromatic carbocycles. The Kier molecular flexibility index (Phi) is 6.32. The van der Waals surface area contributed by atoms with Crippen molar-refractivity contribution in [1.82, 2.24) is 9.88 Å². The molecule has 0 bridgehead atoms. The Labute approximate surface area is 130 Å².